The molecule has 0 spiro atoms. The van der Waals surface area contributed by atoms with Crippen LogP contribution in [0.1, 0.15) is 13.3 Å². The third kappa shape index (κ3) is 6.61. The van der Waals surface area contributed by atoms with E-state index in [1.807, 2.05) is 0 Å². The number of benzene rings is 1. The van der Waals surface area contributed by atoms with Crippen molar-refractivity contribution in [2.24, 2.45) is 0 Å². The molecule has 0 saturated carbocycles. The summed E-state index contributed by atoms with van der Waals surface area (Å²) in [5.41, 5.74) is 0. The van der Waals surface area contributed by atoms with Crippen LogP contribution in [0.5, 0.6) is 0 Å². The van der Waals surface area contributed by atoms with Gasteiger partial charge in [0, 0.05) is 18.0 Å². The quantitative estimate of drug-likeness (QED) is 0.561. The summed E-state index contributed by atoms with van der Waals surface area (Å²) in [7, 11) is 0. The Balaban J connectivity index is 2.11. The molecule has 5 heteroatoms. The van der Waals surface area contributed by atoms with Crippen LogP contribution in [-0.4, -0.2) is 31.3 Å². The van der Waals surface area contributed by atoms with Crippen molar-refractivity contribution in [1.29, 1.82) is 0 Å². The Labute approximate surface area is 112 Å². The Morgan fingerprint density at radius 2 is 1.94 bits per heavy atom. The standard InChI is InChI=1S/C13H19FN2OS/c1-2-7-15-8-9-16-13(17)10-18-12-5-3-11(14)4-6-12/h3-6,15H,2,7-10H2,1H3,(H,16,17). The molecule has 1 amide bonds. The fourth-order valence-electron chi connectivity index (χ4n) is 1.32. The molecule has 100 valence electrons. The van der Waals surface area contributed by atoms with Crippen molar-refractivity contribution < 1.29 is 9.18 Å². The Morgan fingerprint density at radius 3 is 2.61 bits per heavy atom. The highest BCUT2D eigenvalue weighted by Gasteiger charge is 2.02. The molecule has 0 aliphatic heterocycles. The minimum absolute atomic E-state index is 0.00243. The number of nitrogens with one attached hydrogen (secondary N) is 2. The zero-order chi connectivity index (χ0) is 13.2. The molecule has 0 atom stereocenters. The normalized spacial score (nSPS) is 10.3. The fourth-order valence-corrected chi connectivity index (χ4v) is 2.05. The number of rotatable bonds is 8. The van der Waals surface area contributed by atoms with Crippen molar-refractivity contribution >= 4 is 17.7 Å². The number of hydrogen-bond acceptors (Lipinski definition) is 3. The molecule has 1 aromatic carbocycles. The summed E-state index contributed by atoms with van der Waals surface area (Å²) >= 11 is 1.41. The summed E-state index contributed by atoms with van der Waals surface area (Å²) < 4.78 is 12.7. The van der Waals surface area contributed by atoms with E-state index in [9.17, 15) is 9.18 Å². The molecular weight excluding hydrogens is 251 g/mol. The first kappa shape index (κ1) is 15.0. The third-order valence-electron chi connectivity index (χ3n) is 2.23. The molecule has 2 N–H and O–H groups in total. The molecule has 0 aliphatic carbocycles. The van der Waals surface area contributed by atoms with Gasteiger partial charge in [-0.1, -0.05) is 6.92 Å². The van der Waals surface area contributed by atoms with Gasteiger partial charge in [0.25, 0.3) is 0 Å². The van der Waals surface area contributed by atoms with Crippen LogP contribution < -0.4 is 10.6 Å². The summed E-state index contributed by atoms with van der Waals surface area (Å²) in [4.78, 5) is 12.4. The van der Waals surface area contributed by atoms with Gasteiger partial charge >= 0.3 is 0 Å². The minimum atomic E-state index is -0.259. The van der Waals surface area contributed by atoms with Gasteiger partial charge in [0.2, 0.25) is 5.91 Å². The zero-order valence-electron chi connectivity index (χ0n) is 10.5. The molecule has 0 radical (unpaired) electrons. The molecular formula is C13H19FN2OS. The van der Waals surface area contributed by atoms with Gasteiger partial charge in [-0.25, -0.2) is 4.39 Å². The molecule has 0 fully saturated rings. The molecule has 0 aliphatic rings. The number of halogens is 1. The molecule has 0 unspecified atom stereocenters. The van der Waals surface area contributed by atoms with Crippen molar-refractivity contribution in [2.45, 2.75) is 18.2 Å². The number of thioether (sulfide) groups is 1. The van der Waals surface area contributed by atoms with E-state index in [1.54, 1.807) is 12.1 Å². The number of carbonyl (C=O) groups is 1. The highest BCUT2D eigenvalue weighted by atomic mass is 32.2. The van der Waals surface area contributed by atoms with E-state index >= 15 is 0 Å². The van der Waals surface area contributed by atoms with Crippen LogP contribution in [0.4, 0.5) is 4.39 Å². The SMILES string of the molecule is CCCNCCNC(=O)CSc1ccc(F)cc1. The van der Waals surface area contributed by atoms with E-state index in [0.717, 1.165) is 24.4 Å². The molecule has 0 bridgehead atoms. The van der Waals surface area contributed by atoms with Gasteiger partial charge in [0.05, 0.1) is 5.75 Å². The summed E-state index contributed by atoms with van der Waals surface area (Å²) in [5, 5.41) is 6.03. The Morgan fingerprint density at radius 1 is 1.22 bits per heavy atom. The average Bonchev–Trinajstić information content (AvgIpc) is 2.38. The molecule has 1 rings (SSSR count). The van der Waals surface area contributed by atoms with Crippen LogP contribution in [0.3, 0.4) is 0 Å². The van der Waals surface area contributed by atoms with Gasteiger partial charge in [-0.2, -0.15) is 0 Å². The second-order valence-electron chi connectivity index (χ2n) is 3.84. The van der Waals surface area contributed by atoms with Crippen molar-refractivity contribution in [1.82, 2.24) is 10.6 Å². The predicted octanol–water partition coefficient (Wildman–Crippen LogP) is 2.03. The molecule has 3 nitrogen and oxygen atoms in total. The number of hydrogen-bond donors (Lipinski definition) is 2. The van der Waals surface area contributed by atoms with Crippen LogP contribution in [0.25, 0.3) is 0 Å². The van der Waals surface area contributed by atoms with Gasteiger partial charge in [-0.15, -0.1) is 11.8 Å². The van der Waals surface area contributed by atoms with Gasteiger partial charge in [-0.3, -0.25) is 4.79 Å². The van der Waals surface area contributed by atoms with Crippen molar-refractivity contribution in [3.63, 3.8) is 0 Å². The minimum Gasteiger partial charge on any atom is -0.354 e. The third-order valence-corrected chi connectivity index (χ3v) is 3.25. The Kier molecular flexibility index (Phi) is 7.44. The first-order chi connectivity index (χ1) is 8.72. The largest absolute Gasteiger partial charge is 0.354 e. The molecule has 18 heavy (non-hydrogen) atoms. The van der Waals surface area contributed by atoms with Crippen LogP contribution in [0.2, 0.25) is 0 Å². The lowest BCUT2D eigenvalue weighted by atomic mass is 10.4. The summed E-state index contributed by atoms with van der Waals surface area (Å²) in [6, 6.07) is 6.15. The van der Waals surface area contributed by atoms with E-state index in [2.05, 4.69) is 17.6 Å². The van der Waals surface area contributed by atoms with Crippen molar-refractivity contribution in [3.8, 4) is 0 Å². The van der Waals surface area contributed by atoms with Crippen LogP contribution in [0.15, 0.2) is 29.2 Å². The van der Waals surface area contributed by atoms with Crippen LogP contribution in [0, 0.1) is 5.82 Å². The zero-order valence-corrected chi connectivity index (χ0v) is 11.4. The van der Waals surface area contributed by atoms with Crippen LogP contribution in [-0.2, 0) is 4.79 Å². The lowest BCUT2D eigenvalue weighted by Gasteiger charge is -2.06. The monoisotopic (exact) mass is 270 g/mol. The highest BCUT2D eigenvalue weighted by molar-refractivity contribution is 8.00. The smallest absolute Gasteiger partial charge is 0.230 e. The highest BCUT2D eigenvalue weighted by Crippen LogP contribution is 2.17. The van der Waals surface area contributed by atoms with E-state index in [4.69, 9.17) is 0 Å². The van der Waals surface area contributed by atoms with Crippen molar-refractivity contribution in [2.75, 3.05) is 25.4 Å². The van der Waals surface area contributed by atoms with Gasteiger partial charge in [0.1, 0.15) is 5.82 Å². The maximum atomic E-state index is 12.7. The van der Waals surface area contributed by atoms with E-state index in [-0.39, 0.29) is 11.7 Å². The number of carbonyl (C=O) groups excluding carboxylic acids is 1. The van der Waals surface area contributed by atoms with Gasteiger partial charge < -0.3 is 10.6 Å². The van der Waals surface area contributed by atoms with E-state index in [0.29, 0.717) is 12.3 Å². The maximum Gasteiger partial charge on any atom is 0.230 e. The van der Waals surface area contributed by atoms with Gasteiger partial charge in [-0.05, 0) is 37.2 Å². The van der Waals surface area contributed by atoms with Crippen molar-refractivity contribution in [3.05, 3.63) is 30.1 Å². The molecule has 0 saturated heterocycles. The predicted molar refractivity (Wildman–Crippen MR) is 73.3 cm³/mol. The average molecular weight is 270 g/mol. The summed E-state index contributed by atoms with van der Waals surface area (Å²) in [6.07, 6.45) is 1.09. The molecule has 0 heterocycles. The Hall–Kier alpha value is -1.07. The van der Waals surface area contributed by atoms with Gasteiger partial charge in [0.15, 0.2) is 0 Å². The maximum absolute atomic E-state index is 12.7. The first-order valence-electron chi connectivity index (χ1n) is 6.08. The topological polar surface area (TPSA) is 41.1 Å². The molecule has 0 aromatic heterocycles. The molecule has 1 aromatic rings. The summed E-state index contributed by atoms with van der Waals surface area (Å²) in [6.45, 7) is 4.51. The van der Waals surface area contributed by atoms with E-state index in [1.165, 1.54) is 23.9 Å². The lowest BCUT2D eigenvalue weighted by molar-refractivity contribution is -0.118. The number of amides is 1. The van der Waals surface area contributed by atoms with Crippen LogP contribution >= 0.6 is 11.8 Å². The Bertz CT molecular complexity index is 357. The second kappa shape index (κ2) is 8.94. The fraction of sp³-hybridized carbons (Fsp3) is 0.462. The second-order valence-corrected chi connectivity index (χ2v) is 4.89. The first-order valence-corrected chi connectivity index (χ1v) is 7.06. The lowest BCUT2D eigenvalue weighted by Crippen LogP contribution is -2.33. The van der Waals surface area contributed by atoms with E-state index < -0.39 is 0 Å². The summed E-state index contributed by atoms with van der Waals surface area (Å²) in [5.74, 6) is 0.104.